The molecule has 0 heterocycles. The van der Waals surface area contributed by atoms with Gasteiger partial charge in [0.15, 0.2) is 0 Å². The van der Waals surface area contributed by atoms with Gasteiger partial charge in [-0.1, -0.05) is 13.8 Å². The highest BCUT2D eigenvalue weighted by Crippen LogP contribution is 2.07. The van der Waals surface area contributed by atoms with Gasteiger partial charge in [0.05, 0.1) is 0 Å². The summed E-state index contributed by atoms with van der Waals surface area (Å²) in [5.41, 5.74) is -0.442. The Balaban J connectivity index is 3.94. The number of nitrogens with one attached hydrogen (secondary N) is 2. The molecule has 0 aromatic heterocycles. The van der Waals surface area contributed by atoms with E-state index < -0.39 is 5.60 Å². The summed E-state index contributed by atoms with van der Waals surface area (Å²) in [5.74, 6) is 1.69. The third-order valence-electron chi connectivity index (χ3n) is 2.85. The minimum Gasteiger partial charge on any atom is -0.444 e. The van der Waals surface area contributed by atoms with Crippen molar-refractivity contribution in [1.82, 2.24) is 10.6 Å². The van der Waals surface area contributed by atoms with Crippen LogP contribution in [0.15, 0.2) is 0 Å². The summed E-state index contributed by atoms with van der Waals surface area (Å²) in [6.07, 6.45) is 4.21. The van der Waals surface area contributed by atoms with E-state index in [1.165, 1.54) is 18.6 Å². The van der Waals surface area contributed by atoms with Crippen molar-refractivity contribution in [1.29, 1.82) is 0 Å². The first-order chi connectivity index (χ1) is 9.26. The van der Waals surface area contributed by atoms with Gasteiger partial charge in [0, 0.05) is 12.6 Å². The van der Waals surface area contributed by atoms with Crippen LogP contribution < -0.4 is 10.6 Å². The zero-order valence-electron chi connectivity index (χ0n) is 13.9. The van der Waals surface area contributed by atoms with Crippen LogP contribution in [-0.2, 0) is 4.74 Å². The molecular weight excluding hydrogens is 272 g/mol. The summed E-state index contributed by atoms with van der Waals surface area (Å²) in [7, 11) is 0. The van der Waals surface area contributed by atoms with Crippen LogP contribution in [0.1, 0.15) is 47.5 Å². The molecule has 0 aliphatic rings. The number of ether oxygens (including phenoxy) is 1. The number of unbranched alkanes of at least 4 members (excludes halogenated alkanes) is 1. The summed E-state index contributed by atoms with van der Waals surface area (Å²) < 4.78 is 5.24. The topological polar surface area (TPSA) is 50.4 Å². The molecule has 2 N–H and O–H groups in total. The van der Waals surface area contributed by atoms with Gasteiger partial charge in [0.25, 0.3) is 0 Å². The van der Waals surface area contributed by atoms with Crippen molar-refractivity contribution in [2.75, 3.05) is 25.1 Å². The van der Waals surface area contributed by atoms with E-state index in [4.69, 9.17) is 4.74 Å². The monoisotopic (exact) mass is 304 g/mol. The molecule has 0 radical (unpaired) electrons. The molecule has 1 amide bonds. The van der Waals surface area contributed by atoms with Gasteiger partial charge in [0.2, 0.25) is 0 Å². The Labute approximate surface area is 128 Å². The second-order valence-corrected chi connectivity index (χ2v) is 7.37. The van der Waals surface area contributed by atoms with E-state index in [1.54, 1.807) is 0 Å². The Morgan fingerprint density at radius 3 is 2.40 bits per heavy atom. The number of thioether (sulfide) groups is 1. The van der Waals surface area contributed by atoms with Gasteiger partial charge >= 0.3 is 6.09 Å². The molecule has 0 aromatic carbocycles. The first-order valence-corrected chi connectivity index (χ1v) is 8.85. The zero-order chi connectivity index (χ0) is 15.6. The lowest BCUT2D eigenvalue weighted by Gasteiger charge is -2.25. The second kappa shape index (κ2) is 10.3. The maximum atomic E-state index is 11.6. The summed E-state index contributed by atoms with van der Waals surface area (Å²) in [6, 6.07) is 0.289. The van der Waals surface area contributed by atoms with E-state index in [0.29, 0.717) is 12.5 Å². The molecule has 0 rings (SSSR count). The van der Waals surface area contributed by atoms with E-state index in [9.17, 15) is 4.79 Å². The molecule has 120 valence electrons. The summed E-state index contributed by atoms with van der Waals surface area (Å²) >= 11 is 1.88. The van der Waals surface area contributed by atoms with Crippen molar-refractivity contribution >= 4 is 17.9 Å². The van der Waals surface area contributed by atoms with Crippen LogP contribution in [-0.4, -0.2) is 42.8 Å². The maximum Gasteiger partial charge on any atom is 0.407 e. The number of carbonyl (C=O) groups is 1. The van der Waals surface area contributed by atoms with Crippen molar-refractivity contribution in [2.45, 2.75) is 59.1 Å². The Bertz CT molecular complexity index is 265. The minimum absolute atomic E-state index is 0.289. The van der Waals surface area contributed by atoms with Crippen molar-refractivity contribution in [2.24, 2.45) is 5.92 Å². The molecule has 0 aromatic rings. The number of alkyl carbamates (subject to hydrolysis) is 1. The first kappa shape index (κ1) is 19.6. The van der Waals surface area contributed by atoms with Crippen molar-refractivity contribution in [3.8, 4) is 0 Å². The second-order valence-electron chi connectivity index (χ2n) is 6.39. The van der Waals surface area contributed by atoms with Gasteiger partial charge in [0.1, 0.15) is 5.60 Å². The molecule has 1 unspecified atom stereocenters. The smallest absolute Gasteiger partial charge is 0.407 e. The van der Waals surface area contributed by atoms with E-state index >= 15 is 0 Å². The summed E-state index contributed by atoms with van der Waals surface area (Å²) in [5, 5.41) is 6.36. The molecule has 4 nitrogen and oxygen atoms in total. The number of carbonyl (C=O) groups excluding carboxylic acids is 1. The number of hydrogen-bond donors (Lipinski definition) is 2. The van der Waals surface area contributed by atoms with Crippen LogP contribution in [0.2, 0.25) is 0 Å². The minimum atomic E-state index is -0.442. The number of hydrogen-bond acceptors (Lipinski definition) is 4. The van der Waals surface area contributed by atoms with Crippen LogP contribution >= 0.6 is 11.8 Å². The fourth-order valence-electron chi connectivity index (χ4n) is 1.71. The molecule has 0 aliphatic carbocycles. The third-order valence-corrected chi connectivity index (χ3v) is 3.55. The number of amides is 1. The highest BCUT2D eigenvalue weighted by atomic mass is 32.2. The van der Waals surface area contributed by atoms with Crippen molar-refractivity contribution in [3.05, 3.63) is 0 Å². The van der Waals surface area contributed by atoms with Crippen LogP contribution in [0.5, 0.6) is 0 Å². The third kappa shape index (κ3) is 11.4. The molecule has 1 atom stereocenters. The molecule has 0 saturated heterocycles. The van der Waals surface area contributed by atoms with E-state index in [2.05, 4.69) is 30.7 Å². The van der Waals surface area contributed by atoms with Crippen molar-refractivity contribution in [3.63, 3.8) is 0 Å². The van der Waals surface area contributed by atoms with E-state index in [1.807, 2.05) is 32.5 Å². The van der Waals surface area contributed by atoms with Gasteiger partial charge in [-0.25, -0.2) is 4.79 Å². The fourth-order valence-corrected chi connectivity index (χ4v) is 2.20. The molecule has 0 saturated carbocycles. The van der Waals surface area contributed by atoms with Crippen LogP contribution in [0, 0.1) is 5.92 Å². The Hall–Kier alpha value is -0.420. The first-order valence-electron chi connectivity index (χ1n) is 7.45. The highest BCUT2D eigenvalue weighted by molar-refractivity contribution is 7.98. The summed E-state index contributed by atoms with van der Waals surface area (Å²) in [4.78, 5) is 11.6. The summed E-state index contributed by atoms with van der Waals surface area (Å²) in [6.45, 7) is 11.5. The highest BCUT2D eigenvalue weighted by Gasteiger charge is 2.18. The Morgan fingerprint density at radius 2 is 1.90 bits per heavy atom. The molecule has 0 aliphatic heterocycles. The molecule has 20 heavy (non-hydrogen) atoms. The van der Waals surface area contributed by atoms with E-state index in [0.717, 1.165) is 6.54 Å². The molecule has 0 bridgehead atoms. The standard InChI is InChI=1S/C15H32N2O2S/c1-12(2)13(16-9-7-8-10-20-6)11-17-14(18)19-15(3,4)5/h12-13,16H,7-11H2,1-6H3,(H,17,18). The number of rotatable bonds is 9. The van der Waals surface area contributed by atoms with Crippen LogP contribution in [0.4, 0.5) is 4.79 Å². The van der Waals surface area contributed by atoms with Crippen LogP contribution in [0.25, 0.3) is 0 Å². The average molecular weight is 305 g/mol. The van der Waals surface area contributed by atoms with Gasteiger partial charge in [-0.05, 0) is 58.1 Å². The normalized spacial score (nSPS) is 13.3. The Kier molecular flexibility index (Phi) is 10.1. The van der Waals surface area contributed by atoms with Gasteiger partial charge in [-0.3, -0.25) is 0 Å². The maximum absolute atomic E-state index is 11.6. The predicted octanol–water partition coefficient (Wildman–Crippen LogP) is 3.27. The van der Waals surface area contributed by atoms with Gasteiger partial charge in [-0.2, -0.15) is 11.8 Å². The molecular formula is C15H32N2O2S. The average Bonchev–Trinajstić information content (AvgIpc) is 2.29. The largest absolute Gasteiger partial charge is 0.444 e. The van der Waals surface area contributed by atoms with Crippen molar-refractivity contribution < 1.29 is 9.53 Å². The Morgan fingerprint density at radius 1 is 1.25 bits per heavy atom. The molecule has 0 spiro atoms. The lowest BCUT2D eigenvalue weighted by Crippen LogP contribution is -2.45. The van der Waals surface area contributed by atoms with Crippen LogP contribution in [0.3, 0.4) is 0 Å². The van der Waals surface area contributed by atoms with Gasteiger partial charge in [-0.15, -0.1) is 0 Å². The van der Waals surface area contributed by atoms with Gasteiger partial charge < -0.3 is 15.4 Å². The fraction of sp³-hybridized carbons (Fsp3) is 0.933. The van der Waals surface area contributed by atoms with E-state index in [-0.39, 0.29) is 12.1 Å². The lowest BCUT2D eigenvalue weighted by molar-refractivity contribution is 0.0519. The quantitative estimate of drug-likeness (QED) is 0.642. The predicted molar refractivity (Wildman–Crippen MR) is 88.5 cm³/mol. The zero-order valence-corrected chi connectivity index (χ0v) is 14.7. The molecule has 0 fully saturated rings. The SMILES string of the molecule is CSCCCCNC(CNC(=O)OC(C)(C)C)C(C)C. The lowest BCUT2D eigenvalue weighted by atomic mass is 10.0. The molecule has 5 heteroatoms.